The molecule has 1 N–H and O–H groups in total. The van der Waals surface area contributed by atoms with Crippen molar-refractivity contribution in [2.24, 2.45) is 5.92 Å². The molecule has 1 aliphatic heterocycles. The third-order valence-electron chi connectivity index (χ3n) is 4.79. The molecule has 1 aliphatic carbocycles. The largest absolute Gasteiger partial charge is 0.314 e. The minimum Gasteiger partial charge on any atom is -0.314 e. The van der Waals surface area contributed by atoms with Gasteiger partial charge in [-0.05, 0) is 51.5 Å². The van der Waals surface area contributed by atoms with Crippen molar-refractivity contribution in [3.05, 3.63) is 0 Å². The lowest BCUT2D eigenvalue weighted by molar-refractivity contribution is -0.00458. The summed E-state index contributed by atoms with van der Waals surface area (Å²) in [6.07, 6.45) is 7.00. The summed E-state index contributed by atoms with van der Waals surface area (Å²) >= 11 is 0. The molecule has 2 heteroatoms. The van der Waals surface area contributed by atoms with Crippen molar-refractivity contribution in [2.75, 3.05) is 19.6 Å². The van der Waals surface area contributed by atoms with Crippen LogP contribution in [-0.4, -0.2) is 36.1 Å². The van der Waals surface area contributed by atoms with Crippen LogP contribution < -0.4 is 5.32 Å². The lowest BCUT2D eigenvalue weighted by atomic mass is 9.73. The van der Waals surface area contributed by atoms with E-state index in [1.165, 1.54) is 51.7 Å². The van der Waals surface area contributed by atoms with Crippen LogP contribution in [0.4, 0.5) is 0 Å². The molecule has 0 radical (unpaired) electrons. The first-order valence-electron chi connectivity index (χ1n) is 7.15. The van der Waals surface area contributed by atoms with E-state index >= 15 is 0 Å². The van der Waals surface area contributed by atoms with Gasteiger partial charge in [-0.1, -0.05) is 13.8 Å². The fraction of sp³-hybridized carbons (Fsp3) is 1.00. The second-order valence-electron chi connectivity index (χ2n) is 6.08. The Morgan fingerprint density at radius 1 is 1.31 bits per heavy atom. The van der Waals surface area contributed by atoms with E-state index in [1.807, 2.05) is 0 Å². The van der Waals surface area contributed by atoms with E-state index in [2.05, 4.69) is 31.0 Å². The zero-order chi connectivity index (χ0) is 11.6. The molecular weight excluding hydrogens is 196 g/mol. The Bertz CT molecular complexity index is 217. The number of rotatable bonds is 2. The van der Waals surface area contributed by atoms with Crippen molar-refractivity contribution in [1.82, 2.24) is 10.2 Å². The summed E-state index contributed by atoms with van der Waals surface area (Å²) in [6, 6.07) is 0.694. The zero-order valence-corrected chi connectivity index (χ0v) is 11.3. The maximum absolute atomic E-state index is 3.63. The molecule has 2 fully saturated rings. The van der Waals surface area contributed by atoms with Gasteiger partial charge in [-0.25, -0.2) is 0 Å². The second kappa shape index (κ2) is 5.05. The Hall–Kier alpha value is -0.0800. The van der Waals surface area contributed by atoms with Crippen molar-refractivity contribution >= 4 is 0 Å². The third kappa shape index (κ3) is 2.43. The predicted octanol–water partition coefficient (Wildman–Crippen LogP) is 2.64. The fourth-order valence-corrected chi connectivity index (χ4v) is 3.30. The maximum Gasteiger partial charge on any atom is 0.0207 e. The number of nitrogens with zero attached hydrogens (tertiary/aromatic N) is 1. The average Bonchev–Trinajstić information content (AvgIpc) is 2.20. The van der Waals surface area contributed by atoms with Gasteiger partial charge in [0.1, 0.15) is 0 Å². The average molecular weight is 224 g/mol. The standard InChI is InChI=1S/C14H28N2/c1-4-14(7-5-8-14)16-9-6-13(3)15-10-12(2)11-16/h12-13,15H,4-11H2,1-3H3. The van der Waals surface area contributed by atoms with Crippen LogP contribution in [0.15, 0.2) is 0 Å². The van der Waals surface area contributed by atoms with Gasteiger partial charge < -0.3 is 5.32 Å². The molecule has 1 heterocycles. The molecule has 0 aromatic heterocycles. The Kier molecular flexibility index (Phi) is 3.91. The van der Waals surface area contributed by atoms with Crippen LogP contribution in [0.2, 0.25) is 0 Å². The van der Waals surface area contributed by atoms with E-state index in [9.17, 15) is 0 Å². The second-order valence-corrected chi connectivity index (χ2v) is 6.08. The van der Waals surface area contributed by atoms with Crippen molar-refractivity contribution < 1.29 is 0 Å². The van der Waals surface area contributed by atoms with Crippen LogP contribution in [-0.2, 0) is 0 Å². The van der Waals surface area contributed by atoms with Gasteiger partial charge in [0, 0.05) is 24.7 Å². The van der Waals surface area contributed by atoms with Gasteiger partial charge in [-0.3, -0.25) is 4.90 Å². The number of hydrogen-bond acceptors (Lipinski definition) is 2. The van der Waals surface area contributed by atoms with Gasteiger partial charge in [0.25, 0.3) is 0 Å². The lowest BCUT2D eigenvalue weighted by Crippen LogP contribution is -2.57. The van der Waals surface area contributed by atoms with Crippen LogP contribution in [0.25, 0.3) is 0 Å². The van der Waals surface area contributed by atoms with Gasteiger partial charge in [0.05, 0.1) is 0 Å². The van der Waals surface area contributed by atoms with Crippen LogP contribution >= 0.6 is 0 Å². The molecule has 0 amide bonds. The molecule has 2 atom stereocenters. The summed E-state index contributed by atoms with van der Waals surface area (Å²) in [5, 5.41) is 3.63. The predicted molar refractivity (Wildman–Crippen MR) is 69.7 cm³/mol. The first-order chi connectivity index (χ1) is 7.66. The fourth-order valence-electron chi connectivity index (χ4n) is 3.30. The molecule has 2 aliphatic rings. The minimum atomic E-state index is 0.589. The van der Waals surface area contributed by atoms with Gasteiger partial charge >= 0.3 is 0 Å². The summed E-state index contributed by atoms with van der Waals surface area (Å²) in [5.74, 6) is 0.798. The maximum atomic E-state index is 3.63. The molecule has 0 bridgehead atoms. The van der Waals surface area contributed by atoms with Gasteiger partial charge in [0.2, 0.25) is 0 Å². The van der Waals surface area contributed by atoms with Gasteiger partial charge in [-0.15, -0.1) is 0 Å². The van der Waals surface area contributed by atoms with Crippen molar-refractivity contribution in [2.45, 2.75) is 64.5 Å². The Balaban J connectivity index is 2.00. The van der Waals surface area contributed by atoms with Crippen molar-refractivity contribution in [3.63, 3.8) is 0 Å². The Labute approximate surface area is 101 Å². The smallest absolute Gasteiger partial charge is 0.0207 e. The topological polar surface area (TPSA) is 15.3 Å². The minimum absolute atomic E-state index is 0.589. The van der Waals surface area contributed by atoms with Crippen molar-refractivity contribution in [1.29, 1.82) is 0 Å². The summed E-state index contributed by atoms with van der Waals surface area (Å²) < 4.78 is 0. The van der Waals surface area contributed by atoms with Crippen molar-refractivity contribution in [3.8, 4) is 0 Å². The first kappa shape index (κ1) is 12.4. The molecule has 0 aromatic rings. The van der Waals surface area contributed by atoms with E-state index in [-0.39, 0.29) is 0 Å². The molecule has 2 nitrogen and oxygen atoms in total. The number of hydrogen-bond donors (Lipinski definition) is 1. The third-order valence-corrected chi connectivity index (χ3v) is 4.79. The van der Waals surface area contributed by atoms with E-state index < -0.39 is 0 Å². The molecule has 2 unspecified atom stereocenters. The highest BCUT2D eigenvalue weighted by Crippen LogP contribution is 2.41. The highest BCUT2D eigenvalue weighted by atomic mass is 15.2. The molecule has 1 saturated heterocycles. The molecule has 2 rings (SSSR count). The summed E-state index contributed by atoms with van der Waals surface area (Å²) in [5.41, 5.74) is 0.589. The zero-order valence-electron chi connectivity index (χ0n) is 11.3. The molecule has 1 saturated carbocycles. The van der Waals surface area contributed by atoms with Crippen LogP contribution in [0.3, 0.4) is 0 Å². The molecule has 94 valence electrons. The Morgan fingerprint density at radius 2 is 2.06 bits per heavy atom. The SMILES string of the molecule is CCC1(N2CCC(C)NCC(C)C2)CCC1. The van der Waals surface area contributed by atoms with E-state index in [0.29, 0.717) is 11.6 Å². The molecular formula is C14H28N2. The first-order valence-corrected chi connectivity index (χ1v) is 7.15. The Morgan fingerprint density at radius 3 is 2.62 bits per heavy atom. The summed E-state index contributed by atoms with van der Waals surface area (Å²) in [7, 11) is 0. The van der Waals surface area contributed by atoms with E-state index in [4.69, 9.17) is 0 Å². The highest BCUT2D eigenvalue weighted by Gasteiger charge is 2.41. The molecule has 0 aromatic carbocycles. The molecule has 16 heavy (non-hydrogen) atoms. The number of nitrogens with one attached hydrogen (secondary N) is 1. The summed E-state index contributed by atoms with van der Waals surface area (Å²) in [6.45, 7) is 10.9. The quantitative estimate of drug-likeness (QED) is 0.776. The van der Waals surface area contributed by atoms with Crippen LogP contribution in [0.1, 0.15) is 52.9 Å². The monoisotopic (exact) mass is 224 g/mol. The molecule has 0 spiro atoms. The van der Waals surface area contributed by atoms with E-state index in [1.54, 1.807) is 0 Å². The van der Waals surface area contributed by atoms with Crippen LogP contribution in [0, 0.1) is 5.92 Å². The highest BCUT2D eigenvalue weighted by molar-refractivity contribution is 4.98. The lowest BCUT2D eigenvalue weighted by Gasteiger charge is -2.52. The van der Waals surface area contributed by atoms with Gasteiger partial charge in [-0.2, -0.15) is 0 Å². The summed E-state index contributed by atoms with van der Waals surface area (Å²) in [4.78, 5) is 2.82. The van der Waals surface area contributed by atoms with Gasteiger partial charge in [0.15, 0.2) is 0 Å². The normalized spacial score (nSPS) is 36.2. The van der Waals surface area contributed by atoms with Crippen LogP contribution in [0.5, 0.6) is 0 Å². The van der Waals surface area contributed by atoms with E-state index in [0.717, 1.165) is 5.92 Å².